The van der Waals surface area contributed by atoms with Gasteiger partial charge in [-0.2, -0.15) is 0 Å². The summed E-state index contributed by atoms with van der Waals surface area (Å²) in [6, 6.07) is 0. The van der Waals surface area contributed by atoms with E-state index in [1.807, 2.05) is 0 Å². The van der Waals surface area contributed by atoms with E-state index in [4.69, 9.17) is 9.47 Å². The van der Waals surface area contributed by atoms with Crippen molar-refractivity contribution in [3.63, 3.8) is 0 Å². The zero-order chi connectivity index (χ0) is 58.4. The molecule has 0 aromatic carbocycles. The maximum atomic E-state index is 12.3. The first kappa shape index (κ1) is 77.8. The lowest BCUT2D eigenvalue weighted by atomic mass is 10.0. The summed E-state index contributed by atoms with van der Waals surface area (Å²) in [6.07, 6.45) is 102. The van der Waals surface area contributed by atoms with Crippen molar-refractivity contribution < 1.29 is 24.2 Å². The number of aliphatic hydroxyl groups is 1. The second kappa shape index (κ2) is 71.1. The molecule has 1 N–H and O–H groups in total. The van der Waals surface area contributed by atoms with Crippen molar-refractivity contribution in [2.75, 3.05) is 13.2 Å². The lowest BCUT2D eigenvalue weighted by molar-refractivity contribution is -0.161. The summed E-state index contributed by atoms with van der Waals surface area (Å²) in [6.45, 7) is 4.03. The Balaban J connectivity index is 3.46. The smallest absolute Gasteiger partial charge is 0.306 e. The van der Waals surface area contributed by atoms with Gasteiger partial charge in [-0.05, 0) is 77.0 Å². The Morgan fingerprint density at radius 3 is 0.802 bits per heavy atom. The fourth-order valence-corrected chi connectivity index (χ4v) is 10.4. The van der Waals surface area contributed by atoms with Gasteiger partial charge in [-0.3, -0.25) is 9.59 Å². The van der Waals surface area contributed by atoms with E-state index in [9.17, 15) is 14.7 Å². The number of allylic oxidation sites excluding steroid dienone is 16. The van der Waals surface area contributed by atoms with Crippen LogP contribution in [0.25, 0.3) is 0 Å². The maximum Gasteiger partial charge on any atom is 0.306 e. The van der Waals surface area contributed by atoms with Crippen molar-refractivity contribution in [1.82, 2.24) is 0 Å². The first-order valence-corrected chi connectivity index (χ1v) is 35.3. The summed E-state index contributed by atoms with van der Waals surface area (Å²) in [4.78, 5) is 24.6. The van der Waals surface area contributed by atoms with E-state index >= 15 is 0 Å². The van der Waals surface area contributed by atoms with Crippen LogP contribution < -0.4 is 0 Å². The molecule has 0 saturated carbocycles. The molecular weight excluding hydrogens is 993 g/mol. The maximum absolute atomic E-state index is 12.3. The second-order valence-electron chi connectivity index (χ2n) is 23.6. The largest absolute Gasteiger partial charge is 0.462 e. The molecule has 0 bridgehead atoms. The lowest BCUT2D eigenvalue weighted by Crippen LogP contribution is -2.28. The molecule has 81 heavy (non-hydrogen) atoms. The molecule has 0 saturated heterocycles. The SMILES string of the molecule is CC/C=C\C/C=C\C/C=C\C/C=C\C/C=C\C/C=C\C/C=C\C/C=C\CCCCC(=O)OC(CO)COC(=O)CCCCCCCCCCCCCCCCCCCCCCCCCCCCCCCCCCCCCCCCCC. The van der Waals surface area contributed by atoms with Crippen LogP contribution in [0.4, 0.5) is 0 Å². The molecule has 0 amide bonds. The molecule has 0 rings (SSSR count). The van der Waals surface area contributed by atoms with Gasteiger partial charge >= 0.3 is 11.9 Å². The topological polar surface area (TPSA) is 72.8 Å². The standard InChI is InChI=1S/C76H134O5/c1-3-5-7-9-11-13-15-17-19-21-23-25-27-29-31-32-33-34-35-36-37-38-39-40-41-42-43-45-46-48-50-52-54-56-58-60-62-64-66-68-70-75(78)80-73-74(72-77)81-76(79)71-69-67-65-63-61-59-57-55-53-51-49-47-44-30-28-26-24-22-20-18-16-14-12-10-8-6-4-2/h6,8,12,14,18,20,24,26,30,44,49,51,55,57,61,63,74,77H,3-5,7,9-11,13,15-17,19,21-23,25,27-29,31-43,45-48,50,52-54,56,58-60,62,64-73H2,1-2H3/b8-6-,14-12-,20-18-,26-24-,44-30-,51-49-,57-55-,63-61-. The summed E-state index contributed by atoms with van der Waals surface area (Å²) in [5.74, 6) is -0.634. The lowest BCUT2D eigenvalue weighted by Gasteiger charge is -2.15. The minimum Gasteiger partial charge on any atom is -0.462 e. The fourth-order valence-electron chi connectivity index (χ4n) is 10.4. The van der Waals surface area contributed by atoms with Gasteiger partial charge in [-0.25, -0.2) is 0 Å². The average molecular weight is 1130 g/mol. The molecule has 5 nitrogen and oxygen atoms in total. The average Bonchev–Trinajstić information content (AvgIpc) is 3.47. The molecule has 468 valence electrons. The molecule has 1 unspecified atom stereocenters. The molecule has 0 heterocycles. The van der Waals surface area contributed by atoms with E-state index in [1.165, 1.54) is 238 Å². The molecule has 0 aliphatic carbocycles. The van der Waals surface area contributed by atoms with E-state index < -0.39 is 6.10 Å². The molecule has 0 aliphatic heterocycles. The van der Waals surface area contributed by atoms with Crippen molar-refractivity contribution in [2.24, 2.45) is 0 Å². The third-order valence-electron chi connectivity index (χ3n) is 15.6. The van der Waals surface area contributed by atoms with Crippen LogP contribution in [0.1, 0.15) is 354 Å². The third-order valence-corrected chi connectivity index (χ3v) is 15.6. The summed E-state index contributed by atoms with van der Waals surface area (Å²) >= 11 is 0. The number of carbonyl (C=O) groups is 2. The fraction of sp³-hybridized carbons (Fsp3) is 0.763. The van der Waals surface area contributed by atoms with Crippen molar-refractivity contribution in [2.45, 2.75) is 360 Å². The van der Waals surface area contributed by atoms with Gasteiger partial charge in [-0.15, -0.1) is 0 Å². The van der Waals surface area contributed by atoms with Crippen LogP contribution in [0.2, 0.25) is 0 Å². The predicted molar refractivity (Wildman–Crippen MR) is 357 cm³/mol. The number of carbonyl (C=O) groups excluding carboxylic acids is 2. The van der Waals surface area contributed by atoms with E-state index in [0.717, 1.165) is 89.9 Å². The number of esters is 2. The molecule has 1 atom stereocenters. The van der Waals surface area contributed by atoms with Gasteiger partial charge in [-0.1, -0.05) is 361 Å². The van der Waals surface area contributed by atoms with Crippen molar-refractivity contribution in [1.29, 1.82) is 0 Å². The summed E-state index contributed by atoms with van der Waals surface area (Å²) in [7, 11) is 0. The Kier molecular flexibility index (Phi) is 68.3. The van der Waals surface area contributed by atoms with Gasteiger partial charge in [0.25, 0.3) is 0 Å². The molecule has 0 fully saturated rings. The summed E-state index contributed by atoms with van der Waals surface area (Å²) < 4.78 is 10.7. The Labute approximate surface area is 504 Å². The van der Waals surface area contributed by atoms with Crippen LogP contribution in [0, 0.1) is 0 Å². The number of rotatable bonds is 65. The first-order chi connectivity index (χ1) is 40.1. The predicted octanol–water partition coefficient (Wildman–Crippen LogP) is 24.6. The number of hydrogen-bond acceptors (Lipinski definition) is 5. The normalized spacial score (nSPS) is 12.8. The number of hydrogen-bond donors (Lipinski definition) is 1. The van der Waals surface area contributed by atoms with E-state index in [0.29, 0.717) is 12.8 Å². The minimum absolute atomic E-state index is 0.0861. The van der Waals surface area contributed by atoms with Crippen LogP contribution in [-0.2, 0) is 19.1 Å². The molecule has 0 aliphatic rings. The Hall–Kier alpha value is -3.18. The highest BCUT2D eigenvalue weighted by molar-refractivity contribution is 5.70. The number of unbranched alkanes of at least 4 members (excludes halogenated alkanes) is 41. The monoisotopic (exact) mass is 1130 g/mol. The quantitative estimate of drug-likeness (QED) is 0.0373. The second-order valence-corrected chi connectivity index (χ2v) is 23.6. The van der Waals surface area contributed by atoms with Gasteiger partial charge in [0.15, 0.2) is 6.10 Å². The van der Waals surface area contributed by atoms with Crippen LogP contribution in [0.15, 0.2) is 97.2 Å². The molecule has 0 spiro atoms. The first-order valence-electron chi connectivity index (χ1n) is 35.3. The molecule has 0 aromatic heterocycles. The van der Waals surface area contributed by atoms with Gasteiger partial charge < -0.3 is 14.6 Å². The highest BCUT2D eigenvalue weighted by Crippen LogP contribution is 2.19. The zero-order valence-corrected chi connectivity index (χ0v) is 53.8. The van der Waals surface area contributed by atoms with Crippen LogP contribution in [0.3, 0.4) is 0 Å². The summed E-state index contributed by atoms with van der Waals surface area (Å²) in [5.41, 5.74) is 0. The molecular formula is C76H134O5. The van der Waals surface area contributed by atoms with Crippen LogP contribution >= 0.6 is 0 Å². The highest BCUT2D eigenvalue weighted by Gasteiger charge is 2.16. The van der Waals surface area contributed by atoms with Gasteiger partial charge in [0, 0.05) is 12.8 Å². The van der Waals surface area contributed by atoms with Crippen molar-refractivity contribution in [3.05, 3.63) is 97.2 Å². The molecule has 0 aromatic rings. The molecule has 0 radical (unpaired) electrons. The third kappa shape index (κ3) is 69.2. The Morgan fingerprint density at radius 1 is 0.296 bits per heavy atom. The highest BCUT2D eigenvalue weighted by atomic mass is 16.6. The Bertz CT molecular complexity index is 1510. The number of ether oxygens (including phenoxy) is 2. The van der Waals surface area contributed by atoms with E-state index in [2.05, 4.69) is 111 Å². The van der Waals surface area contributed by atoms with E-state index in [1.54, 1.807) is 0 Å². The van der Waals surface area contributed by atoms with Crippen LogP contribution in [-0.4, -0.2) is 36.4 Å². The van der Waals surface area contributed by atoms with Gasteiger partial charge in [0.1, 0.15) is 6.61 Å². The molecule has 5 heteroatoms. The van der Waals surface area contributed by atoms with Crippen molar-refractivity contribution >= 4 is 11.9 Å². The van der Waals surface area contributed by atoms with Crippen LogP contribution in [0.5, 0.6) is 0 Å². The minimum atomic E-state index is -0.802. The van der Waals surface area contributed by atoms with E-state index in [-0.39, 0.29) is 25.2 Å². The Morgan fingerprint density at radius 2 is 0.531 bits per heavy atom. The zero-order valence-electron chi connectivity index (χ0n) is 53.8. The number of aliphatic hydroxyl groups excluding tert-OH is 1. The summed E-state index contributed by atoms with van der Waals surface area (Å²) in [5, 5.41) is 9.68. The van der Waals surface area contributed by atoms with Gasteiger partial charge in [0.05, 0.1) is 6.61 Å². The van der Waals surface area contributed by atoms with Gasteiger partial charge in [0.2, 0.25) is 0 Å². The van der Waals surface area contributed by atoms with Crippen molar-refractivity contribution in [3.8, 4) is 0 Å².